The van der Waals surface area contributed by atoms with Gasteiger partial charge in [0.25, 0.3) is 5.91 Å². The van der Waals surface area contributed by atoms with Crippen LogP contribution in [-0.4, -0.2) is 40.2 Å². The number of carbonyl (C=O) groups is 2. The van der Waals surface area contributed by atoms with Gasteiger partial charge in [-0.2, -0.15) is 0 Å². The van der Waals surface area contributed by atoms with Gasteiger partial charge in [0.1, 0.15) is 16.6 Å². The average molecular weight is 520 g/mol. The number of hydrogen-bond acceptors (Lipinski definition) is 8. The fourth-order valence-electron chi connectivity index (χ4n) is 3.14. The maximum atomic E-state index is 12.9. The van der Waals surface area contributed by atoms with E-state index < -0.39 is 21.0 Å². The van der Waals surface area contributed by atoms with Crippen LogP contribution in [0.3, 0.4) is 0 Å². The number of nitrogens with one attached hydrogen (secondary N) is 1. The minimum atomic E-state index is -3.63. The number of aryl methyl sites for hydroxylation is 1. The molecule has 2 aromatic heterocycles. The zero-order chi connectivity index (χ0) is 25.0. The Hall–Kier alpha value is -2.96. The Balaban J connectivity index is 1.80. The monoisotopic (exact) mass is 519 g/mol. The zero-order valence-electron chi connectivity index (χ0n) is 18.9. The topological polar surface area (TPSA) is 137 Å². The van der Waals surface area contributed by atoms with Gasteiger partial charge in [-0.3, -0.25) is 9.59 Å². The molecule has 0 fully saturated rings. The third-order valence-electron chi connectivity index (χ3n) is 5.05. The fraction of sp³-hybridized carbons (Fsp3) is 0.273. The van der Waals surface area contributed by atoms with Gasteiger partial charge < -0.3 is 15.6 Å². The number of nitrogens with two attached hydrogens (primary N) is 1. The molecule has 9 nitrogen and oxygen atoms in total. The second-order valence-corrected chi connectivity index (χ2v) is 12.0. The molecular weight excluding hydrogens is 494 g/mol. The lowest BCUT2D eigenvalue weighted by Gasteiger charge is -2.13. The third-order valence-corrected chi connectivity index (χ3v) is 8.88. The van der Waals surface area contributed by atoms with Gasteiger partial charge in [-0.25, -0.2) is 8.42 Å². The van der Waals surface area contributed by atoms with E-state index in [4.69, 9.17) is 5.73 Å². The van der Waals surface area contributed by atoms with Crippen molar-refractivity contribution in [3.8, 4) is 0 Å². The van der Waals surface area contributed by atoms with Crippen LogP contribution in [0.4, 0.5) is 5.00 Å². The van der Waals surface area contributed by atoms with Crippen molar-refractivity contribution < 1.29 is 18.0 Å². The van der Waals surface area contributed by atoms with Crippen LogP contribution < -0.4 is 11.1 Å². The highest BCUT2D eigenvalue weighted by molar-refractivity contribution is 8.00. The van der Waals surface area contributed by atoms with E-state index in [2.05, 4.69) is 22.1 Å². The predicted octanol–water partition coefficient (Wildman–Crippen LogP) is 3.33. The number of anilines is 1. The van der Waals surface area contributed by atoms with E-state index in [1.165, 1.54) is 23.5 Å². The largest absolute Gasteiger partial charge is 0.365 e. The highest BCUT2D eigenvalue weighted by Gasteiger charge is 2.25. The van der Waals surface area contributed by atoms with E-state index >= 15 is 0 Å². The molecule has 1 unspecified atom stereocenters. The number of nitrogens with zero attached hydrogens (tertiary/aromatic N) is 3. The molecule has 0 aliphatic heterocycles. The number of primary amides is 1. The molecule has 2 amide bonds. The lowest BCUT2D eigenvalue weighted by atomic mass is 10.1. The van der Waals surface area contributed by atoms with Crippen LogP contribution in [0.2, 0.25) is 0 Å². The summed E-state index contributed by atoms with van der Waals surface area (Å²) in [5.74, 6) is -1.04. The number of allylic oxidation sites excluding steroid dienone is 1. The molecular formula is C22H25N5O4S3. The van der Waals surface area contributed by atoms with E-state index in [1.807, 2.05) is 6.92 Å². The maximum absolute atomic E-state index is 12.9. The van der Waals surface area contributed by atoms with Gasteiger partial charge in [-0.05, 0) is 38.5 Å². The Bertz CT molecular complexity index is 1330. The zero-order valence-corrected chi connectivity index (χ0v) is 21.4. The van der Waals surface area contributed by atoms with Crippen LogP contribution in [0.1, 0.15) is 33.5 Å². The number of aromatic nitrogens is 3. The Morgan fingerprint density at radius 2 is 1.94 bits per heavy atom. The molecule has 3 rings (SSSR count). The van der Waals surface area contributed by atoms with Crippen LogP contribution in [0.25, 0.3) is 0 Å². The Morgan fingerprint density at radius 3 is 2.56 bits per heavy atom. The van der Waals surface area contributed by atoms with E-state index in [-0.39, 0.29) is 28.9 Å². The summed E-state index contributed by atoms with van der Waals surface area (Å²) in [4.78, 5) is 25.8. The number of rotatable bonds is 10. The van der Waals surface area contributed by atoms with Crippen molar-refractivity contribution in [3.05, 3.63) is 64.8 Å². The lowest BCUT2D eigenvalue weighted by molar-refractivity contribution is -0.115. The summed E-state index contributed by atoms with van der Waals surface area (Å²) in [5, 5.41) is 11.1. The molecule has 180 valence electrons. The van der Waals surface area contributed by atoms with Crippen LogP contribution in [0.5, 0.6) is 0 Å². The molecule has 1 aromatic carbocycles. The quantitative estimate of drug-likeness (QED) is 0.310. The minimum Gasteiger partial charge on any atom is -0.365 e. The summed E-state index contributed by atoms with van der Waals surface area (Å²) in [5.41, 5.74) is 6.52. The third kappa shape index (κ3) is 5.57. The number of thioether (sulfide) groups is 1. The molecule has 3 N–H and O–H groups in total. The molecule has 12 heteroatoms. The Labute approximate surface area is 206 Å². The molecule has 1 atom stereocenters. The van der Waals surface area contributed by atoms with Gasteiger partial charge >= 0.3 is 0 Å². The summed E-state index contributed by atoms with van der Waals surface area (Å²) in [6.45, 7) is 9.31. The van der Waals surface area contributed by atoms with Crippen molar-refractivity contribution in [2.75, 3.05) is 5.32 Å². The second-order valence-electron chi connectivity index (χ2n) is 7.47. The van der Waals surface area contributed by atoms with E-state index in [1.54, 1.807) is 42.7 Å². The summed E-state index contributed by atoms with van der Waals surface area (Å²) < 4.78 is 27.2. The molecule has 2 heterocycles. The molecule has 34 heavy (non-hydrogen) atoms. The first-order valence-electron chi connectivity index (χ1n) is 10.2. The Kier molecular flexibility index (Phi) is 7.95. The van der Waals surface area contributed by atoms with Crippen molar-refractivity contribution in [3.63, 3.8) is 0 Å². The molecule has 0 aliphatic rings. The number of carbonyl (C=O) groups excluding carboxylic acids is 2. The summed E-state index contributed by atoms with van der Waals surface area (Å²) in [7, 11) is -3.63. The summed E-state index contributed by atoms with van der Waals surface area (Å²) >= 11 is 2.41. The predicted molar refractivity (Wildman–Crippen MR) is 134 cm³/mol. The lowest BCUT2D eigenvalue weighted by Crippen LogP contribution is -2.24. The first kappa shape index (κ1) is 25.7. The first-order valence-corrected chi connectivity index (χ1v) is 13.6. The fourth-order valence-corrected chi connectivity index (χ4v) is 6.38. The van der Waals surface area contributed by atoms with E-state index in [0.29, 0.717) is 15.7 Å². The summed E-state index contributed by atoms with van der Waals surface area (Å²) in [6.07, 6.45) is 1.60. The van der Waals surface area contributed by atoms with Gasteiger partial charge in [0.2, 0.25) is 5.91 Å². The Morgan fingerprint density at radius 1 is 1.26 bits per heavy atom. The van der Waals surface area contributed by atoms with Crippen LogP contribution in [-0.2, 0) is 26.9 Å². The molecule has 0 saturated carbocycles. The smallest absolute Gasteiger partial charge is 0.251 e. The minimum absolute atomic E-state index is 0.192. The maximum Gasteiger partial charge on any atom is 0.251 e. The number of benzene rings is 1. The van der Waals surface area contributed by atoms with Gasteiger partial charge in [0, 0.05) is 11.4 Å². The second kappa shape index (κ2) is 10.5. The number of thiophene rings is 1. The summed E-state index contributed by atoms with van der Waals surface area (Å²) in [6, 6.07) is 8.11. The van der Waals surface area contributed by atoms with Gasteiger partial charge in [-0.15, -0.1) is 28.1 Å². The molecule has 3 aromatic rings. The number of sulfone groups is 1. The highest BCUT2D eigenvalue weighted by atomic mass is 32.2. The van der Waals surface area contributed by atoms with Gasteiger partial charge in [0.15, 0.2) is 15.0 Å². The van der Waals surface area contributed by atoms with Gasteiger partial charge in [-0.1, -0.05) is 36.0 Å². The highest BCUT2D eigenvalue weighted by Crippen LogP contribution is 2.33. The van der Waals surface area contributed by atoms with Crippen molar-refractivity contribution in [1.29, 1.82) is 0 Å². The van der Waals surface area contributed by atoms with Crippen LogP contribution in [0.15, 0.2) is 53.0 Å². The molecule has 0 saturated heterocycles. The SMILES string of the molecule is C=CCn1c(CS(=O)(=O)c2ccccc2)nnc1SC(C)C(=O)Nc1sc(C)c(C)c1C(N)=O. The first-order chi connectivity index (χ1) is 16.0. The van der Waals surface area contributed by atoms with Crippen molar-refractivity contribution in [2.24, 2.45) is 5.73 Å². The normalized spacial score (nSPS) is 12.3. The van der Waals surface area contributed by atoms with E-state index in [9.17, 15) is 18.0 Å². The van der Waals surface area contributed by atoms with Crippen molar-refractivity contribution in [2.45, 2.75) is 48.4 Å². The van der Waals surface area contributed by atoms with E-state index in [0.717, 1.165) is 22.2 Å². The molecule has 0 aliphatic carbocycles. The van der Waals surface area contributed by atoms with Gasteiger partial charge in [0.05, 0.1) is 15.7 Å². The standard InChI is InChI=1S/C22H25N5O4S3/c1-5-11-27-17(12-34(30,31)16-9-7-6-8-10-16)25-26-22(27)33-15(4)20(29)24-21-18(19(23)28)13(2)14(3)32-21/h5-10,15H,1,11-12H2,2-4H3,(H2,23,28)(H,24,29). The average Bonchev–Trinajstić information content (AvgIpc) is 3.28. The molecule has 0 bridgehead atoms. The number of amides is 2. The van der Waals surface area contributed by atoms with Crippen LogP contribution in [0, 0.1) is 13.8 Å². The number of hydrogen-bond donors (Lipinski definition) is 2. The molecule has 0 spiro atoms. The molecule has 0 radical (unpaired) electrons. The van der Waals surface area contributed by atoms with Crippen LogP contribution >= 0.6 is 23.1 Å². The van der Waals surface area contributed by atoms with Crippen molar-refractivity contribution in [1.82, 2.24) is 14.8 Å². The van der Waals surface area contributed by atoms with Crippen molar-refractivity contribution >= 4 is 49.8 Å².